The van der Waals surface area contributed by atoms with Gasteiger partial charge in [-0.15, -0.1) is 11.3 Å². The summed E-state index contributed by atoms with van der Waals surface area (Å²) in [6, 6.07) is 4.98. The number of nitrogens with two attached hydrogens (primary N) is 1. The Labute approximate surface area is 121 Å². The minimum Gasteiger partial charge on any atom is -0.318 e. The number of hydrogen-bond donors (Lipinski definition) is 1. The first kappa shape index (κ1) is 13.8. The van der Waals surface area contributed by atoms with Crippen LogP contribution in [0.3, 0.4) is 0 Å². The van der Waals surface area contributed by atoms with Gasteiger partial charge >= 0.3 is 0 Å². The quantitative estimate of drug-likeness (QED) is 0.898. The summed E-state index contributed by atoms with van der Waals surface area (Å²) < 4.78 is 0. The van der Waals surface area contributed by atoms with Gasteiger partial charge in [-0.2, -0.15) is 0 Å². The van der Waals surface area contributed by atoms with Gasteiger partial charge in [0.1, 0.15) is 5.01 Å². The zero-order chi connectivity index (χ0) is 13.3. The third kappa shape index (κ3) is 2.86. The predicted octanol–water partition coefficient (Wildman–Crippen LogP) is 4.62. The molecule has 1 atom stereocenters. The van der Waals surface area contributed by atoms with Crippen molar-refractivity contribution in [2.45, 2.75) is 25.8 Å². The van der Waals surface area contributed by atoms with Crippen LogP contribution in [0, 0.1) is 0 Å². The molecule has 0 spiro atoms. The molecule has 18 heavy (non-hydrogen) atoms. The second-order valence-electron chi connectivity index (χ2n) is 4.41. The van der Waals surface area contributed by atoms with Crippen molar-refractivity contribution < 1.29 is 0 Å². The second kappa shape index (κ2) is 5.57. The first-order chi connectivity index (χ1) is 8.49. The second-order valence-corrected chi connectivity index (χ2v) is 6.14. The lowest BCUT2D eigenvalue weighted by Gasteiger charge is -2.11. The molecule has 0 saturated carbocycles. The molecular weight excluding hydrogens is 287 g/mol. The summed E-state index contributed by atoms with van der Waals surface area (Å²) in [6.45, 7) is 4.22. The molecule has 0 radical (unpaired) electrons. The molecule has 0 bridgehead atoms. The molecule has 2 rings (SSSR count). The van der Waals surface area contributed by atoms with Gasteiger partial charge in [-0.05, 0) is 29.7 Å². The standard InChI is InChI=1S/C13H14Cl2N2S/c1-7(2)11-6-18-13(17-11)12(16)9-5-8(14)3-4-10(9)15/h3-7,12H,16H2,1-2H3. The largest absolute Gasteiger partial charge is 0.318 e. The fourth-order valence-electron chi connectivity index (χ4n) is 1.59. The van der Waals surface area contributed by atoms with Gasteiger partial charge in [0.15, 0.2) is 0 Å². The van der Waals surface area contributed by atoms with Crippen LogP contribution < -0.4 is 5.73 Å². The Hall–Kier alpha value is -0.610. The number of rotatable bonds is 3. The van der Waals surface area contributed by atoms with Crippen molar-refractivity contribution in [2.24, 2.45) is 5.73 Å². The van der Waals surface area contributed by atoms with Crippen molar-refractivity contribution in [3.63, 3.8) is 0 Å². The van der Waals surface area contributed by atoms with Crippen LogP contribution >= 0.6 is 34.5 Å². The van der Waals surface area contributed by atoms with Crippen LogP contribution in [0.4, 0.5) is 0 Å². The van der Waals surface area contributed by atoms with Crippen molar-refractivity contribution >= 4 is 34.5 Å². The average Bonchev–Trinajstić information content (AvgIpc) is 2.81. The van der Waals surface area contributed by atoms with Crippen LogP contribution in [0.5, 0.6) is 0 Å². The minimum atomic E-state index is -0.325. The first-order valence-corrected chi connectivity index (χ1v) is 7.28. The molecule has 0 fully saturated rings. The lowest BCUT2D eigenvalue weighted by Crippen LogP contribution is -2.12. The summed E-state index contributed by atoms with van der Waals surface area (Å²) in [5, 5.41) is 4.15. The van der Waals surface area contributed by atoms with Gasteiger partial charge in [0.25, 0.3) is 0 Å². The normalized spacial score (nSPS) is 13.0. The van der Waals surface area contributed by atoms with Gasteiger partial charge in [-0.1, -0.05) is 37.0 Å². The number of benzene rings is 1. The Morgan fingerprint density at radius 2 is 2.00 bits per heavy atom. The molecule has 5 heteroatoms. The molecular formula is C13H14Cl2N2S. The zero-order valence-corrected chi connectivity index (χ0v) is 12.5. The van der Waals surface area contributed by atoms with Crippen LogP contribution in [0.15, 0.2) is 23.6 Å². The average molecular weight is 301 g/mol. The van der Waals surface area contributed by atoms with E-state index in [0.29, 0.717) is 16.0 Å². The summed E-state index contributed by atoms with van der Waals surface area (Å²) in [5.74, 6) is 0.400. The minimum absolute atomic E-state index is 0.325. The Balaban J connectivity index is 2.34. The van der Waals surface area contributed by atoms with Gasteiger partial charge in [0.2, 0.25) is 0 Å². The maximum Gasteiger partial charge on any atom is 0.114 e. The molecule has 0 aliphatic rings. The van der Waals surface area contributed by atoms with Gasteiger partial charge < -0.3 is 5.73 Å². The van der Waals surface area contributed by atoms with E-state index in [0.717, 1.165) is 16.3 Å². The summed E-state index contributed by atoms with van der Waals surface area (Å²) in [6.07, 6.45) is 0. The number of hydrogen-bond acceptors (Lipinski definition) is 3. The summed E-state index contributed by atoms with van der Waals surface area (Å²) in [5.41, 5.74) is 8.08. The highest BCUT2D eigenvalue weighted by molar-refractivity contribution is 7.09. The van der Waals surface area contributed by atoms with E-state index in [9.17, 15) is 0 Å². The Morgan fingerprint density at radius 3 is 2.61 bits per heavy atom. The lowest BCUT2D eigenvalue weighted by molar-refractivity contribution is 0.795. The number of thiazole rings is 1. The maximum absolute atomic E-state index is 6.20. The van der Waals surface area contributed by atoms with Crippen molar-refractivity contribution in [1.82, 2.24) is 4.98 Å². The highest BCUT2D eigenvalue weighted by atomic mass is 35.5. The SMILES string of the molecule is CC(C)c1csc(C(N)c2cc(Cl)ccc2Cl)n1. The molecule has 2 nitrogen and oxygen atoms in total. The van der Waals surface area contributed by atoms with Gasteiger partial charge in [0.05, 0.1) is 11.7 Å². The third-order valence-electron chi connectivity index (χ3n) is 2.69. The fraction of sp³-hybridized carbons (Fsp3) is 0.308. The molecule has 2 N–H and O–H groups in total. The lowest BCUT2D eigenvalue weighted by atomic mass is 10.1. The Kier molecular flexibility index (Phi) is 4.28. The number of halogens is 2. The van der Waals surface area contributed by atoms with Crippen molar-refractivity contribution in [3.8, 4) is 0 Å². The Morgan fingerprint density at radius 1 is 1.28 bits per heavy atom. The highest BCUT2D eigenvalue weighted by Crippen LogP contribution is 2.31. The molecule has 0 saturated heterocycles. The first-order valence-electron chi connectivity index (χ1n) is 5.65. The third-order valence-corrected chi connectivity index (χ3v) is 4.22. The number of nitrogens with zero attached hydrogens (tertiary/aromatic N) is 1. The van der Waals surface area contributed by atoms with Gasteiger partial charge in [0, 0.05) is 15.4 Å². The van der Waals surface area contributed by atoms with E-state index in [1.165, 1.54) is 0 Å². The predicted molar refractivity (Wildman–Crippen MR) is 78.7 cm³/mol. The van der Waals surface area contributed by atoms with E-state index in [1.807, 2.05) is 5.38 Å². The van der Waals surface area contributed by atoms with Crippen LogP contribution in [0.1, 0.15) is 42.1 Å². The van der Waals surface area contributed by atoms with Crippen molar-refractivity contribution in [3.05, 3.63) is 49.9 Å². The Bertz CT molecular complexity index is 552. The van der Waals surface area contributed by atoms with Gasteiger partial charge in [-0.3, -0.25) is 0 Å². The molecule has 1 unspecified atom stereocenters. The molecule has 0 amide bonds. The number of aromatic nitrogens is 1. The van der Waals surface area contributed by atoms with Crippen LogP contribution in [0.25, 0.3) is 0 Å². The summed E-state index contributed by atoms with van der Waals surface area (Å²) in [4.78, 5) is 4.55. The molecule has 96 valence electrons. The molecule has 1 heterocycles. The molecule has 2 aromatic rings. The smallest absolute Gasteiger partial charge is 0.114 e. The van der Waals surface area contributed by atoms with E-state index in [1.54, 1.807) is 29.5 Å². The highest BCUT2D eigenvalue weighted by Gasteiger charge is 2.17. The van der Waals surface area contributed by atoms with E-state index in [2.05, 4.69) is 18.8 Å². The topological polar surface area (TPSA) is 38.9 Å². The summed E-state index contributed by atoms with van der Waals surface area (Å²) in [7, 11) is 0. The van der Waals surface area contributed by atoms with Crippen molar-refractivity contribution in [2.75, 3.05) is 0 Å². The van der Waals surface area contributed by atoms with Crippen LogP contribution in [-0.4, -0.2) is 4.98 Å². The van der Waals surface area contributed by atoms with E-state index < -0.39 is 0 Å². The van der Waals surface area contributed by atoms with Crippen LogP contribution in [0.2, 0.25) is 10.0 Å². The van der Waals surface area contributed by atoms with E-state index >= 15 is 0 Å². The molecule has 0 aliphatic heterocycles. The van der Waals surface area contributed by atoms with Crippen LogP contribution in [-0.2, 0) is 0 Å². The zero-order valence-electron chi connectivity index (χ0n) is 10.2. The summed E-state index contributed by atoms with van der Waals surface area (Å²) >= 11 is 13.7. The maximum atomic E-state index is 6.20. The monoisotopic (exact) mass is 300 g/mol. The van der Waals surface area contributed by atoms with E-state index in [-0.39, 0.29) is 6.04 Å². The molecule has 1 aromatic heterocycles. The van der Waals surface area contributed by atoms with E-state index in [4.69, 9.17) is 28.9 Å². The fourth-order valence-corrected chi connectivity index (χ4v) is 3.01. The molecule has 1 aromatic carbocycles. The van der Waals surface area contributed by atoms with Gasteiger partial charge in [-0.25, -0.2) is 4.98 Å². The van der Waals surface area contributed by atoms with Crippen molar-refractivity contribution in [1.29, 1.82) is 0 Å². The molecule has 0 aliphatic carbocycles.